The molecular formula is C25H40O5. The van der Waals surface area contributed by atoms with E-state index in [2.05, 4.69) is 20.8 Å². The summed E-state index contributed by atoms with van der Waals surface area (Å²) in [5.41, 5.74) is 0.257. The van der Waals surface area contributed by atoms with E-state index in [-0.39, 0.29) is 40.9 Å². The summed E-state index contributed by atoms with van der Waals surface area (Å²) in [5, 5.41) is 10.2. The number of hydrogen-bond donors (Lipinski definition) is 1. The van der Waals surface area contributed by atoms with Crippen LogP contribution < -0.4 is 0 Å². The fourth-order valence-electron chi connectivity index (χ4n) is 8.17. The fraction of sp³-hybridized carbons (Fsp3) is 0.920. The summed E-state index contributed by atoms with van der Waals surface area (Å²) in [6, 6.07) is 0. The molecule has 1 N–H and O–H groups in total. The van der Waals surface area contributed by atoms with E-state index in [1.165, 1.54) is 13.5 Å². The van der Waals surface area contributed by atoms with E-state index < -0.39 is 0 Å². The molecule has 1 aliphatic heterocycles. The number of hydrogen-bond acceptors (Lipinski definition) is 5. The van der Waals surface area contributed by atoms with Gasteiger partial charge in [0.2, 0.25) is 0 Å². The van der Waals surface area contributed by atoms with Gasteiger partial charge in [0.15, 0.2) is 0 Å². The van der Waals surface area contributed by atoms with Gasteiger partial charge >= 0.3 is 11.9 Å². The number of fused-ring (bicyclic) bond motifs is 5. The maximum absolute atomic E-state index is 12.8. The van der Waals surface area contributed by atoms with Crippen molar-refractivity contribution in [3.05, 3.63) is 0 Å². The predicted molar refractivity (Wildman–Crippen MR) is 113 cm³/mol. The lowest BCUT2D eigenvalue weighted by molar-refractivity contribution is -0.166. The third-order valence-corrected chi connectivity index (χ3v) is 10.0. The van der Waals surface area contributed by atoms with Gasteiger partial charge < -0.3 is 14.6 Å². The number of aliphatic hydroxyl groups is 1. The maximum Gasteiger partial charge on any atom is 0.306 e. The summed E-state index contributed by atoms with van der Waals surface area (Å²) >= 11 is 0. The zero-order chi connectivity index (χ0) is 21.7. The number of methoxy groups -OCH3 is 1. The lowest BCUT2D eigenvalue weighted by atomic mass is 9.51. The highest BCUT2D eigenvalue weighted by molar-refractivity contribution is 5.70. The number of ether oxygens (including phenoxy) is 2. The smallest absolute Gasteiger partial charge is 0.306 e. The molecule has 0 aromatic rings. The Balaban J connectivity index is 1.55. The molecule has 0 aromatic carbocycles. The summed E-state index contributed by atoms with van der Waals surface area (Å²) in [5.74, 6) is 1.90. The van der Waals surface area contributed by atoms with Crippen molar-refractivity contribution in [2.24, 2.45) is 40.4 Å². The van der Waals surface area contributed by atoms with Gasteiger partial charge in [0, 0.05) is 24.7 Å². The second-order valence-electron chi connectivity index (χ2n) is 11.3. The highest BCUT2D eigenvalue weighted by atomic mass is 16.5. The van der Waals surface area contributed by atoms with Crippen LogP contribution in [0.5, 0.6) is 0 Å². The minimum atomic E-state index is -0.271. The first-order chi connectivity index (χ1) is 14.2. The highest BCUT2D eigenvalue weighted by Crippen LogP contribution is 2.65. The predicted octanol–water partition coefficient (Wildman–Crippen LogP) is 4.50. The largest absolute Gasteiger partial charge is 0.469 e. The first-order valence-electron chi connectivity index (χ1n) is 12.1. The SMILES string of the molecule is COC(=O)CC[C@@H](C)[C@H]1CC[C@H]2[C@@H]3OC(=O)C[C@@H]4C[C@H](O)CC[C@]4(C)[C@H]3CC[C@]12C. The Hall–Kier alpha value is -1.10. The third-order valence-electron chi connectivity index (χ3n) is 10.0. The van der Waals surface area contributed by atoms with Crippen molar-refractivity contribution in [1.29, 1.82) is 0 Å². The molecule has 1 heterocycles. The Labute approximate surface area is 181 Å². The molecule has 3 aliphatic carbocycles. The van der Waals surface area contributed by atoms with Gasteiger partial charge in [-0.15, -0.1) is 0 Å². The molecule has 0 aromatic heterocycles. The van der Waals surface area contributed by atoms with Gasteiger partial charge in [0.25, 0.3) is 0 Å². The van der Waals surface area contributed by atoms with Crippen LogP contribution in [0.1, 0.15) is 85.0 Å². The van der Waals surface area contributed by atoms with Gasteiger partial charge in [-0.3, -0.25) is 9.59 Å². The van der Waals surface area contributed by atoms with E-state index in [1.54, 1.807) is 0 Å². The second kappa shape index (κ2) is 8.11. The van der Waals surface area contributed by atoms with Crippen molar-refractivity contribution in [2.75, 3.05) is 7.11 Å². The Morgan fingerprint density at radius 1 is 1.17 bits per heavy atom. The van der Waals surface area contributed by atoms with Gasteiger partial charge in [0.05, 0.1) is 13.2 Å². The molecule has 170 valence electrons. The van der Waals surface area contributed by atoms with E-state index in [9.17, 15) is 14.7 Å². The third kappa shape index (κ3) is 3.59. The molecule has 4 aliphatic rings. The molecule has 0 spiro atoms. The van der Waals surface area contributed by atoms with Crippen LogP contribution in [-0.2, 0) is 19.1 Å². The Bertz CT molecular complexity index is 676. The summed E-state index contributed by atoms with van der Waals surface area (Å²) < 4.78 is 11.1. The average molecular weight is 421 g/mol. The van der Waals surface area contributed by atoms with Crippen molar-refractivity contribution in [3.63, 3.8) is 0 Å². The minimum Gasteiger partial charge on any atom is -0.469 e. The average Bonchev–Trinajstić information content (AvgIpc) is 3.01. The van der Waals surface area contributed by atoms with E-state index in [4.69, 9.17) is 9.47 Å². The molecule has 30 heavy (non-hydrogen) atoms. The quantitative estimate of drug-likeness (QED) is 0.678. The molecule has 4 rings (SSSR count). The lowest BCUT2D eigenvalue weighted by Crippen LogP contribution is -2.53. The highest BCUT2D eigenvalue weighted by Gasteiger charge is 2.61. The van der Waals surface area contributed by atoms with Crippen LogP contribution in [0.3, 0.4) is 0 Å². The summed E-state index contributed by atoms with van der Waals surface area (Å²) in [6.07, 6.45) is 8.69. The zero-order valence-corrected chi connectivity index (χ0v) is 19.2. The van der Waals surface area contributed by atoms with Crippen molar-refractivity contribution >= 4 is 11.9 Å². The van der Waals surface area contributed by atoms with Crippen LogP contribution in [0.15, 0.2) is 0 Å². The van der Waals surface area contributed by atoms with E-state index in [0.717, 1.165) is 44.9 Å². The van der Waals surface area contributed by atoms with Crippen LogP contribution in [0, 0.1) is 40.4 Å². The van der Waals surface area contributed by atoms with Crippen molar-refractivity contribution in [3.8, 4) is 0 Å². The van der Waals surface area contributed by atoms with Crippen molar-refractivity contribution in [1.82, 2.24) is 0 Å². The van der Waals surface area contributed by atoms with Gasteiger partial charge in [-0.2, -0.15) is 0 Å². The Morgan fingerprint density at radius 2 is 1.87 bits per heavy atom. The molecule has 5 heteroatoms. The van der Waals surface area contributed by atoms with Crippen LogP contribution in [0.4, 0.5) is 0 Å². The molecule has 0 bridgehead atoms. The molecular weight excluding hydrogens is 380 g/mol. The summed E-state index contributed by atoms with van der Waals surface area (Å²) in [4.78, 5) is 24.5. The molecule has 3 saturated carbocycles. The second-order valence-corrected chi connectivity index (χ2v) is 11.3. The molecule has 1 saturated heterocycles. The van der Waals surface area contributed by atoms with E-state index in [1.807, 2.05) is 0 Å². The van der Waals surface area contributed by atoms with E-state index >= 15 is 0 Å². The van der Waals surface area contributed by atoms with Gasteiger partial charge in [-0.05, 0) is 80.0 Å². The van der Waals surface area contributed by atoms with Gasteiger partial charge in [-0.1, -0.05) is 20.8 Å². The molecule has 0 radical (unpaired) electrons. The molecule has 4 fully saturated rings. The summed E-state index contributed by atoms with van der Waals surface area (Å²) in [7, 11) is 1.46. The number of aliphatic hydroxyl groups excluding tert-OH is 1. The topological polar surface area (TPSA) is 72.8 Å². The first-order valence-corrected chi connectivity index (χ1v) is 12.1. The van der Waals surface area contributed by atoms with Crippen LogP contribution in [-0.4, -0.2) is 36.4 Å². The molecule has 5 nitrogen and oxygen atoms in total. The standard InChI is InChI=1S/C25H40O5/c1-15(5-8-21(27)29-4)18-6-7-19-23-20(10-12-25(18,19)3)24(2)11-9-17(26)13-16(24)14-22(28)30-23/h15-20,23,26H,5-14H2,1-4H3/t15-,16+,17-,18-,19+,20+,23+,24+,25-/m1/s1. The normalized spacial score (nSPS) is 46.6. The number of carbonyl (C=O) groups excluding carboxylic acids is 2. The Kier molecular flexibility index (Phi) is 5.97. The number of carbonyl (C=O) groups is 2. The van der Waals surface area contributed by atoms with Crippen LogP contribution in [0.25, 0.3) is 0 Å². The Morgan fingerprint density at radius 3 is 2.60 bits per heavy atom. The fourth-order valence-corrected chi connectivity index (χ4v) is 8.17. The number of esters is 2. The van der Waals surface area contributed by atoms with Gasteiger partial charge in [-0.25, -0.2) is 0 Å². The van der Waals surface area contributed by atoms with Crippen LogP contribution >= 0.6 is 0 Å². The van der Waals surface area contributed by atoms with E-state index in [0.29, 0.717) is 36.5 Å². The maximum atomic E-state index is 12.8. The van der Waals surface area contributed by atoms with Crippen molar-refractivity contribution < 1.29 is 24.2 Å². The lowest BCUT2D eigenvalue weighted by Gasteiger charge is -2.55. The molecule has 0 amide bonds. The molecule has 0 unspecified atom stereocenters. The monoisotopic (exact) mass is 420 g/mol. The zero-order valence-electron chi connectivity index (χ0n) is 19.2. The van der Waals surface area contributed by atoms with Gasteiger partial charge in [0.1, 0.15) is 6.10 Å². The van der Waals surface area contributed by atoms with Crippen molar-refractivity contribution in [2.45, 2.75) is 97.2 Å². The number of rotatable bonds is 4. The summed E-state index contributed by atoms with van der Waals surface area (Å²) in [6.45, 7) is 7.08. The van der Waals surface area contributed by atoms with Crippen LogP contribution in [0.2, 0.25) is 0 Å². The minimum absolute atomic E-state index is 0.0132. The molecule has 9 atom stereocenters. The first kappa shape index (κ1) is 22.1.